The van der Waals surface area contributed by atoms with Crippen LogP contribution in [0.25, 0.3) is 0 Å². The van der Waals surface area contributed by atoms with E-state index < -0.39 is 5.82 Å². The van der Waals surface area contributed by atoms with Crippen molar-refractivity contribution in [2.45, 2.75) is 6.61 Å². The molecule has 0 N–H and O–H groups in total. The van der Waals surface area contributed by atoms with E-state index in [1.54, 1.807) is 6.07 Å². The van der Waals surface area contributed by atoms with Crippen LogP contribution >= 0.6 is 0 Å². The number of carbonyl (C=O) groups excluding carboxylic acids is 1. The molecule has 0 amide bonds. The molecule has 0 bridgehead atoms. The summed E-state index contributed by atoms with van der Waals surface area (Å²) in [4.78, 5) is 10.6. The van der Waals surface area contributed by atoms with Crippen molar-refractivity contribution >= 4 is 6.29 Å². The van der Waals surface area contributed by atoms with Gasteiger partial charge in [0.15, 0.2) is 6.29 Å². The predicted octanol–water partition coefficient (Wildman–Crippen LogP) is 1.79. The maximum absolute atomic E-state index is 13.5. The van der Waals surface area contributed by atoms with Crippen LogP contribution in [0.1, 0.15) is 15.9 Å². The zero-order valence-corrected chi connectivity index (χ0v) is 8.04. The lowest BCUT2D eigenvalue weighted by Crippen LogP contribution is -2.00. The smallest absolute Gasteiger partial charge is 0.156 e. The molecular formula is C10H11FO3. The SMILES string of the molecule is COCc1ccc(OC)c(C=O)c1F. The van der Waals surface area contributed by atoms with Gasteiger partial charge < -0.3 is 9.47 Å². The van der Waals surface area contributed by atoms with Crippen LogP contribution < -0.4 is 4.74 Å². The highest BCUT2D eigenvalue weighted by atomic mass is 19.1. The lowest BCUT2D eigenvalue weighted by molar-refractivity contribution is 0.111. The van der Waals surface area contributed by atoms with Gasteiger partial charge in [-0.1, -0.05) is 6.07 Å². The topological polar surface area (TPSA) is 35.5 Å². The molecule has 4 heteroatoms. The van der Waals surface area contributed by atoms with Crippen molar-refractivity contribution in [1.82, 2.24) is 0 Å². The fraction of sp³-hybridized carbons (Fsp3) is 0.300. The summed E-state index contributed by atoms with van der Waals surface area (Å²) >= 11 is 0. The monoisotopic (exact) mass is 198 g/mol. The van der Waals surface area contributed by atoms with Gasteiger partial charge in [-0.25, -0.2) is 4.39 Å². The molecule has 0 fully saturated rings. The van der Waals surface area contributed by atoms with Crippen LogP contribution in [-0.4, -0.2) is 20.5 Å². The van der Waals surface area contributed by atoms with E-state index >= 15 is 0 Å². The van der Waals surface area contributed by atoms with Crippen molar-refractivity contribution in [2.75, 3.05) is 14.2 Å². The van der Waals surface area contributed by atoms with Crippen LogP contribution in [-0.2, 0) is 11.3 Å². The Morgan fingerprint density at radius 1 is 1.43 bits per heavy atom. The van der Waals surface area contributed by atoms with Crippen molar-refractivity contribution in [3.8, 4) is 5.75 Å². The quantitative estimate of drug-likeness (QED) is 0.692. The van der Waals surface area contributed by atoms with E-state index in [9.17, 15) is 9.18 Å². The van der Waals surface area contributed by atoms with E-state index in [2.05, 4.69) is 0 Å². The van der Waals surface area contributed by atoms with Crippen molar-refractivity contribution in [3.63, 3.8) is 0 Å². The summed E-state index contributed by atoms with van der Waals surface area (Å²) in [6.45, 7) is 0.136. The third-order valence-corrected chi connectivity index (χ3v) is 1.86. The lowest BCUT2D eigenvalue weighted by Gasteiger charge is -2.07. The highest BCUT2D eigenvalue weighted by molar-refractivity contribution is 5.80. The minimum absolute atomic E-state index is 0.0675. The van der Waals surface area contributed by atoms with Gasteiger partial charge in [-0.05, 0) is 6.07 Å². The zero-order chi connectivity index (χ0) is 10.6. The number of hydrogen-bond donors (Lipinski definition) is 0. The van der Waals surface area contributed by atoms with Gasteiger partial charge in [0.05, 0.1) is 19.3 Å². The van der Waals surface area contributed by atoms with E-state index in [4.69, 9.17) is 9.47 Å². The summed E-state index contributed by atoms with van der Waals surface area (Å²) in [5, 5.41) is 0. The van der Waals surface area contributed by atoms with E-state index in [0.29, 0.717) is 11.8 Å². The minimum atomic E-state index is -0.582. The average molecular weight is 198 g/mol. The standard InChI is InChI=1S/C10H11FO3/c1-13-6-7-3-4-9(14-2)8(5-12)10(7)11/h3-5H,6H2,1-2H3. The molecule has 0 aliphatic heterocycles. The Bertz CT molecular complexity index is 336. The van der Waals surface area contributed by atoms with Crippen LogP contribution in [0.4, 0.5) is 4.39 Å². The molecule has 1 aromatic carbocycles. The molecule has 0 atom stereocenters. The predicted molar refractivity (Wildman–Crippen MR) is 49.1 cm³/mol. The lowest BCUT2D eigenvalue weighted by atomic mass is 10.1. The van der Waals surface area contributed by atoms with Gasteiger partial charge in [0.1, 0.15) is 11.6 Å². The average Bonchev–Trinajstić information content (AvgIpc) is 2.21. The number of ether oxygens (including phenoxy) is 2. The van der Waals surface area contributed by atoms with Crippen molar-refractivity contribution in [2.24, 2.45) is 0 Å². The van der Waals surface area contributed by atoms with Crippen LogP contribution in [0.2, 0.25) is 0 Å². The molecule has 76 valence electrons. The third kappa shape index (κ3) is 1.90. The summed E-state index contributed by atoms with van der Waals surface area (Å²) in [5.41, 5.74) is 0.275. The molecule has 14 heavy (non-hydrogen) atoms. The summed E-state index contributed by atoms with van der Waals surface area (Å²) in [6.07, 6.45) is 0.438. The second kappa shape index (κ2) is 4.72. The first-order chi connectivity index (χ1) is 6.74. The number of hydrogen-bond acceptors (Lipinski definition) is 3. The maximum atomic E-state index is 13.5. The fourth-order valence-corrected chi connectivity index (χ4v) is 1.18. The summed E-state index contributed by atoms with van der Waals surface area (Å²) in [7, 11) is 2.85. The third-order valence-electron chi connectivity index (χ3n) is 1.86. The van der Waals surface area contributed by atoms with Gasteiger partial charge >= 0.3 is 0 Å². The van der Waals surface area contributed by atoms with Crippen molar-refractivity contribution in [3.05, 3.63) is 29.1 Å². The molecule has 1 rings (SSSR count). The molecular weight excluding hydrogens is 187 g/mol. The number of aldehydes is 1. The molecule has 0 aliphatic carbocycles. The summed E-state index contributed by atoms with van der Waals surface area (Å²) < 4.78 is 23.1. The molecule has 0 aliphatic rings. The van der Waals surface area contributed by atoms with E-state index in [1.807, 2.05) is 0 Å². The van der Waals surface area contributed by atoms with E-state index in [0.717, 1.165) is 0 Å². The Morgan fingerprint density at radius 2 is 2.14 bits per heavy atom. The first-order valence-electron chi connectivity index (χ1n) is 4.04. The molecule has 3 nitrogen and oxygen atoms in total. The highest BCUT2D eigenvalue weighted by Gasteiger charge is 2.12. The molecule has 0 saturated carbocycles. The Kier molecular flexibility index (Phi) is 3.59. The molecule has 0 unspecified atom stereocenters. The summed E-state index contributed by atoms with van der Waals surface area (Å²) in [5.74, 6) is -0.349. The number of benzene rings is 1. The Balaban J connectivity index is 3.20. The van der Waals surface area contributed by atoms with Crippen LogP contribution in [0, 0.1) is 5.82 Å². The van der Waals surface area contributed by atoms with Crippen LogP contribution in [0.15, 0.2) is 12.1 Å². The molecule has 1 aromatic rings. The zero-order valence-electron chi connectivity index (χ0n) is 8.04. The number of methoxy groups -OCH3 is 2. The molecule has 0 saturated heterocycles. The van der Waals surface area contributed by atoms with Crippen molar-refractivity contribution < 1.29 is 18.7 Å². The van der Waals surface area contributed by atoms with Gasteiger partial charge in [-0.15, -0.1) is 0 Å². The maximum Gasteiger partial charge on any atom is 0.156 e. The molecule has 0 radical (unpaired) electrons. The highest BCUT2D eigenvalue weighted by Crippen LogP contribution is 2.22. The molecule has 0 heterocycles. The van der Waals surface area contributed by atoms with Gasteiger partial charge in [-0.2, -0.15) is 0 Å². The Labute approximate surface area is 81.4 Å². The second-order valence-corrected chi connectivity index (χ2v) is 2.71. The second-order valence-electron chi connectivity index (χ2n) is 2.71. The normalized spacial score (nSPS) is 9.93. The first kappa shape index (κ1) is 10.7. The first-order valence-corrected chi connectivity index (χ1v) is 4.04. The minimum Gasteiger partial charge on any atom is -0.496 e. The number of halogens is 1. The van der Waals surface area contributed by atoms with Crippen LogP contribution in [0.3, 0.4) is 0 Å². The van der Waals surface area contributed by atoms with Crippen molar-refractivity contribution in [1.29, 1.82) is 0 Å². The largest absolute Gasteiger partial charge is 0.496 e. The van der Waals surface area contributed by atoms with Gasteiger partial charge in [0.2, 0.25) is 0 Å². The Morgan fingerprint density at radius 3 is 2.64 bits per heavy atom. The molecule has 0 spiro atoms. The van der Waals surface area contributed by atoms with E-state index in [1.165, 1.54) is 20.3 Å². The van der Waals surface area contributed by atoms with E-state index in [-0.39, 0.29) is 17.9 Å². The number of carbonyl (C=O) groups is 1. The summed E-state index contributed by atoms with van der Waals surface area (Å²) in [6, 6.07) is 3.08. The van der Waals surface area contributed by atoms with Gasteiger partial charge in [0, 0.05) is 12.7 Å². The Hall–Kier alpha value is -1.42. The van der Waals surface area contributed by atoms with Gasteiger partial charge in [0.25, 0.3) is 0 Å². The van der Waals surface area contributed by atoms with Gasteiger partial charge in [-0.3, -0.25) is 4.79 Å². The fourth-order valence-electron chi connectivity index (χ4n) is 1.18. The van der Waals surface area contributed by atoms with Crippen LogP contribution in [0.5, 0.6) is 5.75 Å². The molecule has 0 aromatic heterocycles. The number of rotatable bonds is 4.